The van der Waals surface area contributed by atoms with Crippen LogP contribution in [0.5, 0.6) is 0 Å². The molecule has 3 rings (SSSR count). The fourth-order valence-electron chi connectivity index (χ4n) is 3.76. The summed E-state index contributed by atoms with van der Waals surface area (Å²) >= 11 is 3.63. The van der Waals surface area contributed by atoms with Crippen LogP contribution < -0.4 is 5.32 Å². The molecule has 2 aliphatic carbocycles. The van der Waals surface area contributed by atoms with Crippen molar-refractivity contribution in [2.45, 2.75) is 68.3 Å². The molecule has 106 valence electrons. The monoisotopic (exact) mass is 328 g/mol. The summed E-state index contributed by atoms with van der Waals surface area (Å²) in [6.07, 6.45) is 8.27. The van der Waals surface area contributed by atoms with Gasteiger partial charge in [-0.05, 0) is 32.1 Å². The van der Waals surface area contributed by atoms with E-state index < -0.39 is 0 Å². The highest BCUT2D eigenvalue weighted by Gasteiger charge is 2.46. The number of fused-ring (bicyclic) bond motifs is 1. The number of amides is 3. The van der Waals surface area contributed by atoms with E-state index in [9.17, 15) is 9.59 Å². The fraction of sp³-hybridized carbons (Fsp3) is 0.857. The summed E-state index contributed by atoms with van der Waals surface area (Å²) in [7, 11) is 0. The van der Waals surface area contributed by atoms with Gasteiger partial charge in [0.25, 0.3) is 0 Å². The third-order valence-electron chi connectivity index (χ3n) is 4.81. The van der Waals surface area contributed by atoms with Gasteiger partial charge in [-0.15, -0.1) is 0 Å². The minimum absolute atomic E-state index is 0.0160. The molecule has 0 aromatic carbocycles. The van der Waals surface area contributed by atoms with Crippen LogP contribution in [0.1, 0.15) is 51.4 Å². The largest absolute Gasteiger partial charge is 0.334 e. The summed E-state index contributed by atoms with van der Waals surface area (Å²) in [5.41, 5.74) is 0. The Balaban J connectivity index is 1.77. The first kappa shape index (κ1) is 13.4. The molecule has 3 aliphatic rings. The van der Waals surface area contributed by atoms with Gasteiger partial charge in [0.1, 0.15) is 0 Å². The molecule has 1 N–H and O–H groups in total. The van der Waals surface area contributed by atoms with E-state index in [0.717, 1.165) is 44.9 Å². The number of rotatable bonds is 1. The summed E-state index contributed by atoms with van der Waals surface area (Å²) < 4.78 is 0. The summed E-state index contributed by atoms with van der Waals surface area (Å²) in [6, 6.07) is 0.0534. The maximum Gasteiger partial charge on any atom is 0.324 e. The molecule has 3 amide bonds. The predicted molar refractivity (Wildman–Crippen MR) is 76.1 cm³/mol. The molecular formula is C14H21BrN2O2. The van der Waals surface area contributed by atoms with E-state index in [1.165, 1.54) is 6.42 Å². The van der Waals surface area contributed by atoms with Gasteiger partial charge < -0.3 is 5.32 Å². The van der Waals surface area contributed by atoms with Gasteiger partial charge in [-0.3, -0.25) is 9.69 Å². The molecule has 1 saturated heterocycles. The van der Waals surface area contributed by atoms with Crippen molar-refractivity contribution in [3.63, 3.8) is 0 Å². The zero-order valence-corrected chi connectivity index (χ0v) is 12.7. The number of alkyl halides is 1. The Morgan fingerprint density at radius 2 is 1.79 bits per heavy atom. The Kier molecular flexibility index (Phi) is 3.83. The average molecular weight is 329 g/mol. The number of urea groups is 1. The van der Waals surface area contributed by atoms with Crippen molar-refractivity contribution in [2.24, 2.45) is 5.92 Å². The highest BCUT2D eigenvalue weighted by molar-refractivity contribution is 9.09. The van der Waals surface area contributed by atoms with Crippen molar-refractivity contribution in [1.29, 1.82) is 0 Å². The van der Waals surface area contributed by atoms with Crippen LogP contribution in [0.25, 0.3) is 0 Å². The molecule has 3 unspecified atom stereocenters. The van der Waals surface area contributed by atoms with Crippen molar-refractivity contribution in [3.05, 3.63) is 0 Å². The smallest absolute Gasteiger partial charge is 0.324 e. The predicted octanol–water partition coefficient (Wildman–Crippen LogP) is 2.80. The first-order chi connectivity index (χ1) is 9.16. The fourth-order valence-corrected chi connectivity index (χ4v) is 4.42. The lowest BCUT2D eigenvalue weighted by molar-refractivity contribution is -0.138. The molecular weight excluding hydrogens is 308 g/mol. The molecule has 0 spiro atoms. The van der Waals surface area contributed by atoms with E-state index in [1.807, 2.05) is 0 Å². The number of hydrogen-bond acceptors (Lipinski definition) is 2. The van der Waals surface area contributed by atoms with Gasteiger partial charge in [-0.1, -0.05) is 35.2 Å². The van der Waals surface area contributed by atoms with Crippen LogP contribution in [0, 0.1) is 5.92 Å². The zero-order valence-electron chi connectivity index (χ0n) is 11.1. The van der Waals surface area contributed by atoms with E-state index in [0.29, 0.717) is 4.83 Å². The summed E-state index contributed by atoms with van der Waals surface area (Å²) in [5, 5.41) is 3.06. The number of nitrogens with zero attached hydrogens (tertiary/aromatic N) is 1. The van der Waals surface area contributed by atoms with E-state index in [2.05, 4.69) is 21.2 Å². The van der Waals surface area contributed by atoms with Gasteiger partial charge in [0.05, 0.1) is 5.92 Å². The Hall–Kier alpha value is -0.580. The van der Waals surface area contributed by atoms with Gasteiger partial charge in [-0.25, -0.2) is 4.79 Å². The third-order valence-corrected chi connectivity index (χ3v) is 5.64. The molecule has 5 heteroatoms. The lowest BCUT2D eigenvalue weighted by Crippen LogP contribution is -2.64. The quantitative estimate of drug-likeness (QED) is 0.752. The number of hydrogen-bond donors (Lipinski definition) is 1. The second-order valence-corrected chi connectivity index (χ2v) is 7.37. The number of carbonyl (C=O) groups excluding carboxylic acids is 2. The minimum Gasteiger partial charge on any atom is -0.334 e. The second kappa shape index (κ2) is 5.43. The van der Waals surface area contributed by atoms with Crippen molar-refractivity contribution in [2.75, 3.05) is 0 Å². The van der Waals surface area contributed by atoms with Crippen LogP contribution in [-0.2, 0) is 4.79 Å². The SMILES string of the molecule is O=C1NC2CCC(Br)CC2C(=O)N1C1CCCCC1. The Morgan fingerprint density at radius 1 is 1.05 bits per heavy atom. The molecule has 2 saturated carbocycles. The molecule has 3 fully saturated rings. The minimum atomic E-state index is -0.147. The molecule has 19 heavy (non-hydrogen) atoms. The van der Waals surface area contributed by atoms with Crippen LogP contribution in [0.4, 0.5) is 4.79 Å². The topological polar surface area (TPSA) is 49.4 Å². The van der Waals surface area contributed by atoms with E-state index in [1.54, 1.807) is 4.90 Å². The van der Waals surface area contributed by atoms with E-state index in [-0.39, 0.29) is 29.9 Å². The number of halogens is 1. The van der Waals surface area contributed by atoms with Crippen molar-refractivity contribution < 1.29 is 9.59 Å². The van der Waals surface area contributed by atoms with Crippen LogP contribution >= 0.6 is 15.9 Å². The maximum atomic E-state index is 12.7. The Morgan fingerprint density at radius 3 is 2.53 bits per heavy atom. The number of carbonyl (C=O) groups is 2. The first-order valence-electron chi connectivity index (χ1n) is 7.44. The lowest BCUT2D eigenvalue weighted by atomic mass is 9.81. The summed E-state index contributed by atoms with van der Waals surface area (Å²) in [6.45, 7) is 0. The molecule has 0 radical (unpaired) electrons. The normalized spacial score (nSPS) is 36.9. The zero-order chi connectivity index (χ0) is 13.4. The standard InChI is InChI=1S/C14H21BrN2O2/c15-9-6-7-12-11(8-9)13(18)17(14(19)16-12)10-4-2-1-3-5-10/h9-12H,1-8H2,(H,16,19). The van der Waals surface area contributed by atoms with Gasteiger partial charge >= 0.3 is 6.03 Å². The second-order valence-electron chi connectivity index (χ2n) is 6.07. The van der Waals surface area contributed by atoms with Gasteiger partial charge in [0.15, 0.2) is 0 Å². The summed E-state index contributed by atoms with van der Waals surface area (Å²) in [5.74, 6) is 0.0579. The Labute approximate surface area is 122 Å². The summed E-state index contributed by atoms with van der Waals surface area (Å²) in [4.78, 5) is 26.8. The van der Waals surface area contributed by atoms with Crippen LogP contribution in [-0.4, -0.2) is 33.7 Å². The molecule has 0 bridgehead atoms. The van der Waals surface area contributed by atoms with Crippen LogP contribution in [0.2, 0.25) is 0 Å². The Bertz CT molecular complexity index is 382. The highest BCUT2D eigenvalue weighted by atomic mass is 79.9. The molecule has 1 heterocycles. The molecule has 0 aromatic heterocycles. The van der Waals surface area contributed by atoms with Gasteiger partial charge in [0, 0.05) is 16.9 Å². The van der Waals surface area contributed by atoms with Crippen LogP contribution in [0.15, 0.2) is 0 Å². The highest BCUT2D eigenvalue weighted by Crippen LogP contribution is 2.35. The van der Waals surface area contributed by atoms with Crippen LogP contribution in [0.3, 0.4) is 0 Å². The average Bonchev–Trinajstić information content (AvgIpc) is 2.41. The first-order valence-corrected chi connectivity index (χ1v) is 8.36. The number of nitrogens with one attached hydrogen (secondary N) is 1. The van der Waals surface area contributed by atoms with Crippen molar-refractivity contribution >= 4 is 27.9 Å². The lowest BCUT2D eigenvalue weighted by Gasteiger charge is -2.44. The number of imide groups is 1. The van der Waals surface area contributed by atoms with Crippen molar-refractivity contribution in [1.82, 2.24) is 10.2 Å². The maximum absolute atomic E-state index is 12.7. The van der Waals surface area contributed by atoms with Crippen molar-refractivity contribution in [3.8, 4) is 0 Å². The molecule has 4 nitrogen and oxygen atoms in total. The molecule has 3 atom stereocenters. The third kappa shape index (κ3) is 2.54. The van der Waals surface area contributed by atoms with E-state index >= 15 is 0 Å². The van der Waals surface area contributed by atoms with E-state index in [4.69, 9.17) is 0 Å². The van der Waals surface area contributed by atoms with Gasteiger partial charge in [-0.2, -0.15) is 0 Å². The van der Waals surface area contributed by atoms with Gasteiger partial charge in [0.2, 0.25) is 5.91 Å². The molecule has 1 aliphatic heterocycles. The molecule has 0 aromatic rings.